The van der Waals surface area contributed by atoms with Gasteiger partial charge in [-0.05, 0) is 40.0 Å². The van der Waals surface area contributed by atoms with Crippen LogP contribution in [-0.2, 0) is 9.53 Å². The van der Waals surface area contributed by atoms with E-state index in [1.807, 2.05) is 0 Å². The van der Waals surface area contributed by atoms with Gasteiger partial charge in [-0.3, -0.25) is 4.79 Å². The summed E-state index contributed by atoms with van der Waals surface area (Å²) in [7, 11) is 0. The number of hydrogen-bond acceptors (Lipinski definition) is 3. The zero-order valence-electron chi connectivity index (χ0n) is 11.8. The number of amides is 2. The second-order valence-electron chi connectivity index (χ2n) is 5.80. The molecule has 19 heavy (non-hydrogen) atoms. The van der Waals surface area contributed by atoms with Gasteiger partial charge in [0.2, 0.25) is 5.91 Å². The second kappa shape index (κ2) is 6.46. The minimum atomic E-state index is -0.587. The molecule has 1 rings (SSSR count). The van der Waals surface area contributed by atoms with Gasteiger partial charge in [0.1, 0.15) is 12.1 Å². The van der Waals surface area contributed by atoms with Crippen LogP contribution in [0, 0.1) is 18.3 Å². The van der Waals surface area contributed by atoms with Crippen LogP contribution < -0.4 is 10.6 Å². The molecule has 0 aromatic rings. The first-order chi connectivity index (χ1) is 8.80. The van der Waals surface area contributed by atoms with Gasteiger partial charge in [0, 0.05) is 12.0 Å². The molecular formula is C14H22N2O3. The van der Waals surface area contributed by atoms with E-state index in [2.05, 4.69) is 16.6 Å². The fourth-order valence-electron chi connectivity index (χ4n) is 2.01. The van der Waals surface area contributed by atoms with Crippen molar-refractivity contribution in [2.75, 3.05) is 6.54 Å². The van der Waals surface area contributed by atoms with Crippen molar-refractivity contribution in [3.05, 3.63) is 0 Å². The fourth-order valence-corrected chi connectivity index (χ4v) is 2.01. The molecule has 1 fully saturated rings. The topological polar surface area (TPSA) is 67.4 Å². The molecule has 106 valence electrons. The zero-order chi connectivity index (χ0) is 14.5. The highest BCUT2D eigenvalue weighted by Crippen LogP contribution is 2.24. The number of carbonyl (C=O) groups excluding carboxylic acids is 2. The van der Waals surface area contributed by atoms with Gasteiger partial charge in [0.05, 0.1) is 0 Å². The van der Waals surface area contributed by atoms with Crippen molar-refractivity contribution >= 4 is 12.0 Å². The standard InChI is InChI=1S/C14H22N2O3/c1-5-10-6-7-11(8-10)16-12(17)9-15-13(18)19-14(2,3)4/h1,10-11H,6-9H2,2-4H3,(H,15,18)(H,16,17). The highest BCUT2D eigenvalue weighted by molar-refractivity contribution is 5.82. The van der Waals surface area contributed by atoms with E-state index in [9.17, 15) is 9.59 Å². The number of rotatable bonds is 3. The van der Waals surface area contributed by atoms with Crippen molar-refractivity contribution < 1.29 is 14.3 Å². The summed E-state index contributed by atoms with van der Waals surface area (Å²) in [6.07, 6.45) is 7.42. The van der Waals surface area contributed by atoms with Crippen LogP contribution in [0.2, 0.25) is 0 Å². The van der Waals surface area contributed by atoms with Crippen LogP contribution in [0.1, 0.15) is 40.0 Å². The van der Waals surface area contributed by atoms with Gasteiger partial charge < -0.3 is 15.4 Å². The Kier molecular flexibility index (Phi) is 5.22. The Balaban J connectivity index is 2.22. The maximum absolute atomic E-state index is 11.6. The van der Waals surface area contributed by atoms with Crippen LogP contribution in [0.5, 0.6) is 0 Å². The predicted molar refractivity (Wildman–Crippen MR) is 72.3 cm³/mol. The first kappa shape index (κ1) is 15.4. The molecule has 1 saturated carbocycles. The number of hydrogen-bond donors (Lipinski definition) is 2. The van der Waals surface area contributed by atoms with E-state index in [1.54, 1.807) is 20.8 Å². The number of nitrogens with one attached hydrogen (secondary N) is 2. The van der Waals surface area contributed by atoms with E-state index in [0.29, 0.717) is 0 Å². The molecule has 5 heteroatoms. The third-order valence-electron chi connectivity index (χ3n) is 2.83. The minimum Gasteiger partial charge on any atom is -0.444 e. The van der Waals surface area contributed by atoms with Crippen molar-refractivity contribution in [2.45, 2.75) is 51.7 Å². The van der Waals surface area contributed by atoms with Crippen molar-refractivity contribution in [3.63, 3.8) is 0 Å². The molecule has 0 heterocycles. The number of carbonyl (C=O) groups is 2. The summed E-state index contributed by atoms with van der Waals surface area (Å²) in [6.45, 7) is 5.23. The van der Waals surface area contributed by atoms with Crippen molar-refractivity contribution in [1.29, 1.82) is 0 Å². The van der Waals surface area contributed by atoms with Gasteiger partial charge in [-0.1, -0.05) is 0 Å². The average Bonchev–Trinajstić information content (AvgIpc) is 2.72. The number of alkyl carbamates (subject to hydrolysis) is 1. The first-order valence-electron chi connectivity index (χ1n) is 6.52. The summed E-state index contributed by atoms with van der Waals surface area (Å²) in [4.78, 5) is 23.0. The third-order valence-corrected chi connectivity index (χ3v) is 2.83. The molecule has 2 N–H and O–H groups in total. The van der Waals surface area contributed by atoms with E-state index in [0.717, 1.165) is 19.3 Å². The van der Waals surface area contributed by atoms with Crippen LogP contribution in [-0.4, -0.2) is 30.2 Å². The molecular weight excluding hydrogens is 244 g/mol. The Hall–Kier alpha value is -1.70. The van der Waals surface area contributed by atoms with Gasteiger partial charge in [-0.15, -0.1) is 12.3 Å². The van der Waals surface area contributed by atoms with Crippen LogP contribution in [0.15, 0.2) is 0 Å². The molecule has 2 atom stereocenters. The molecule has 0 aliphatic heterocycles. The maximum atomic E-state index is 11.6. The molecule has 1 aliphatic carbocycles. The fraction of sp³-hybridized carbons (Fsp3) is 0.714. The molecule has 0 radical (unpaired) electrons. The average molecular weight is 266 g/mol. The summed E-state index contributed by atoms with van der Waals surface area (Å²) in [6, 6.07) is 0.119. The van der Waals surface area contributed by atoms with Gasteiger partial charge in [-0.25, -0.2) is 4.79 Å². The highest BCUT2D eigenvalue weighted by atomic mass is 16.6. The normalized spacial score (nSPS) is 22.4. The largest absolute Gasteiger partial charge is 0.444 e. The third kappa shape index (κ3) is 6.14. The Bertz CT molecular complexity index is 379. The van der Waals surface area contributed by atoms with E-state index in [1.165, 1.54) is 0 Å². The lowest BCUT2D eigenvalue weighted by Crippen LogP contribution is -2.42. The lowest BCUT2D eigenvalue weighted by atomic mass is 10.1. The van der Waals surface area contributed by atoms with E-state index in [-0.39, 0.29) is 24.4 Å². The lowest BCUT2D eigenvalue weighted by molar-refractivity contribution is -0.120. The van der Waals surface area contributed by atoms with Gasteiger partial charge in [0.25, 0.3) is 0 Å². The Morgan fingerprint density at radius 1 is 1.37 bits per heavy atom. The Morgan fingerprint density at radius 3 is 2.58 bits per heavy atom. The van der Waals surface area contributed by atoms with E-state index >= 15 is 0 Å². The zero-order valence-corrected chi connectivity index (χ0v) is 11.8. The molecule has 2 amide bonds. The monoisotopic (exact) mass is 266 g/mol. The summed E-state index contributed by atoms with van der Waals surface area (Å²) in [5, 5.41) is 5.28. The summed E-state index contributed by atoms with van der Waals surface area (Å²) in [5.74, 6) is 2.74. The van der Waals surface area contributed by atoms with E-state index < -0.39 is 11.7 Å². The molecule has 2 unspecified atom stereocenters. The van der Waals surface area contributed by atoms with Gasteiger partial charge in [0.15, 0.2) is 0 Å². The molecule has 0 aromatic carbocycles. The predicted octanol–water partition coefficient (Wildman–Crippen LogP) is 1.43. The highest BCUT2D eigenvalue weighted by Gasteiger charge is 2.24. The SMILES string of the molecule is C#CC1CCC(NC(=O)CNC(=O)OC(C)(C)C)C1. The van der Waals surface area contributed by atoms with Gasteiger partial charge in [-0.2, -0.15) is 0 Å². The smallest absolute Gasteiger partial charge is 0.408 e. The van der Waals surface area contributed by atoms with Crippen molar-refractivity contribution in [2.24, 2.45) is 5.92 Å². The van der Waals surface area contributed by atoms with Gasteiger partial charge >= 0.3 is 6.09 Å². The molecule has 0 bridgehead atoms. The van der Waals surface area contributed by atoms with Crippen molar-refractivity contribution in [1.82, 2.24) is 10.6 Å². The molecule has 5 nitrogen and oxygen atoms in total. The lowest BCUT2D eigenvalue weighted by Gasteiger charge is -2.20. The van der Waals surface area contributed by atoms with E-state index in [4.69, 9.17) is 11.2 Å². The Morgan fingerprint density at radius 2 is 2.05 bits per heavy atom. The summed E-state index contributed by atoms with van der Waals surface area (Å²) < 4.78 is 5.04. The van der Waals surface area contributed by atoms with Crippen LogP contribution in [0.25, 0.3) is 0 Å². The quantitative estimate of drug-likeness (QED) is 0.759. The van der Waals surface area contributed by atoms with Crippen LogP contribution in [0.3, 0.4) is 0 Å². The number of ether oxygens (including phenoxy) is 1. The second-order valence-corrected chi connectivity index (χ2v) is 5.80. The van der Waals surface area contributed by atoms with Crippen LogP contribution >= 0.6 is 0 Å². The molecule has 0 saturated heterocycles. The maximum Gasteiger partial charge on any atom is 0.408 e. The summed E-state index contributed by atoms with van der Waals surface area (Å²) >= 11 is 0. The molecule has 1 aliphatic rings. The number of terminal acetylenes is 1. The minimum absolute atomic E-state index is 0.0772. The van der Waals surface area contributed by atoms with Crippen LogP contribution in [0.4, 0.5) is 4.79 Å². The molecule has 0 aromatic heterocycles. The van der Waals surface area contributed by atoms with Crippen molar-refractivity contribution in [3.8, 4) is 12.3 Å². The first-order valence-corrected chi connectivity index (χ1v) is 6.52. The summed E-state index contributed by atoms with van der Waals surface area (Å²) in [5.41, 5.74) is -0.563. The molecule has 0 spiro atoms. The Labute approximate surface area is 114 Å².